The number of likely N-dealkylation sites (N-methyl/N-ethyl adjacent to an activating group) is 1. The first kappa shape index (κ1) is 30.6. The standard InChI is InChI=1S/C33H49N7O/c1-24-10-11-25(32(2,3)4)20-28(24)35-30-21-29(34-16-17-38(7)8)36-31(37-30)22-39-18-19-40(33(5,6)23-39)26-12-14-27(41-9)15-13-26/h10-15,20-21H,16-19,22-23H2,1-9H3,(H2,34,35,36,37). The van der Waals surface area contributed by atoms with E-state index < -0.39 is 0 Å². The van der Waals surface area contributed by atoms with E-state index in [-0.39, 0.29) is 11.0 Å². The Kier molecular flexibility index (Phi) is 9.44. The number of ether oxygens (including phenoxy) is 1. The Hall–Kier alpha value is -3.36. The SMILES string of the molecule is COc1ccc(N2CCN(Cc3nc(NCCN(C)C)cc(Nc4cc(C(C)(C)C)ccc4C)n3)CC2(C)C)cc1. The van der Waals surface area contributed by atoms with Gasteiger partial charge in [0.25, 0.3) is 0 Å². The topological polar surface area (TPSA) is 68.8 Å². The number of nitrogens with zero attached hydrogens (tertiary/aromatic N) is 5. The molecule has 0 radical (unpaired) electrons. The molecular formula is C33H49N7O. The number of aryl methyl sites for hydroxylation is 1. The van der Waals surface area contributed by atoms with Gasteiger partial charge in [0.1, 0.15) is 23.2 Å². The number of hydrogen-bond donors (Lipinski definition) is 2. The van der Waals surface area contributed by atoms with Crippen molar-refractivity contribution in [1.82, 2.24) is 19.8 Å². The number of benzene rings is 2. The van der Waals surface area contributed by atoms with Crippen LogP contribution in [0.3, 0.4) is 0 Å². The molecule has 1 aliphatic rings. The first-order valence-corrected chi connectivity index (χ1v) is 14.6. The lowest BCUT2D eigenvalue weighted by Crippen LogP contribution is -2.59. The van der Waals surface area contributed by atoms with Gasteiger partial charge in [0.2, 0.25) is 0 Å². The number of hydrogen-bond acceptors (Lipinski definition) is 8. The van der Waals surface area contributed by atoms with Crippen molar-refractivity contribution < 1.29 is 4.74 Å². The molecule has 4 rings (SSSR count). The molecule has 0 amide bonds. The quantitative estimate of drug-likeness (QED) is 0.318. The molecule has 41 heavy (non-hydrogen) atoms. The van der Waals surface area contributed by atoms with Crippen molar-refractivity contribution in [2.24, 2.45) is 0 Å². The van der Waals surface area contributed by atoms with Gasteiger partial charge in [0, 0.05) is 55.7 Å². The average molecular weight is 560 g/mol. The molecule has 1 fully saturated rings. The van der Waals surface area contributed by atoms with Crippen molar-refractivity contribution >= 4 is 23.0 Å². The van der Waals surface area contributed by atoms with Gasteiger partial charge < -0.3 is 25.2 Å². The summed E-state index contributed by atoms with van der Waals surface area (Å²) in [6.07, 6.45) is 0. The molecule has 1 saturated heterocycles. The van der Waals surface area contributed by atoms with Crippen molar-refractivity contribution in [3.8, 4) is 5.75 Å². The number of rotatable bonds is 10. The molecule has 8 heteroatoms. The van der Waals surface area contributed by atoms with E-state index in [1.165, 1.54) is 16.8 Å². The Morgan fingerprint density at radius 1 is 0.976 bits per heavy atom. The Labute approximate surface area is 247 Å². The van der Waals surface area contributed by atoms with Crippen LogP contribution in [0.4, 0.5) is 23.0 Å². The number of aromatic nitrogens is 2. The number of methoxy groups -OCH3 is 1. The lowest BCUT2D eigenvalue weighted by molar-refractivity contribution is 0.172. The maximum Gasteiger partial charge on any atom is 0.147 e. The zero-order chi connectivity index (χ0) is 29.8. The van der Waals surface area contributed by atoms with Gasteiger partial charge in [-0.25, -0.2) is 9.97 Å². The van der Waals surface area contributed by atoms with Gasteiger partial charge in [0.05, 0.1) is 13.7 Å². The third kappa shape index (κ3) is 8.11. The summed E-state index contributed by atoms with van der Waals surface area (Å²) in [4.78, 5) is 17.1. The summed E-state index contributed by atoms with van der Waals surface area (Å²) in [5.41, 5.74) is 4.81. The van der Waals surface area contributed by atoms with E-state index in [0.29, 0.717) is 6.54 Å². The van der Waals surface area contributed by atoms with Crippen LogP contribution in [0.15, 0.2) is 48.5 Å². The van der Waals surface area contributed by atoms with E-state index in [0.717, 1.165) is 61.6 Å². The summed E-state index contributed by atoms with van der Waals surface area (Å²) in [6.45, 7) is 18.7. The highest BCUT2D eigenvalue weighted by atomic mass is 16.5. The van der Waals surface area contributed by atoms with Crippen LogP contribution in [-0.2, 0) is 12.0 Å². The molecule has 0 spiro atoms. The minimum atomic E-state index is -0.0417. The van der Waals surface area contributed by atoms with Crippen LogP contribution in [0.1, 0.15) is 51.6 Å². The highest BCUT2D eigenvalue weighted by Gasteiger charge is 2.34. The molecule has 2 aromatic carbocycles. The maximum atomic E-state index is 5.36. The zero-order valence-electron chi connectivity index (χ0n) is 26.5. The fourth-order valence-corrected chi connectivity index (χ4v) is 5.32. The van der Waals surface area contributed by atoms with Crippen LogP contribution in [0, 0.1) is 6.92 Å². The van der Waals surface area contributed by atoms with Crippen LogP contribution in [0.5, 0.6) is 5.75 Å². The normalized spacial score (nSPS) is 15.7. The molecule has 0 unspecified atom stereocenters. The predicted molar refractivity (Wildman–Crippen MR) is 172 cm³/mol. The lowest BCUT2D eigenvalue weighted by atomic mass is 9.86. The first-order chi connectivity index (χ1) is 19.3. The summed E-state index contributed by atoms with van der Waals surface area (Å²) in [7, 11) is 5.87. The fourth-order valence-electron chi connectivity index (χ4n) is 5.32. The lowest BCUT2D eigenvalue weighted by Gasteiger charge is -2.48. The Morgan fingerprint density at radius 3 is 2.32 bits per heavy atom. The molecule has 0 saturated carbocycles. The van der Waals surface area contributed by atoms with Gasteiger partial charge in [-0.3, -0.25) is 4.90 Å². The summed E-state index contributed by atoms with van der Waals surface area (Å²) in [5, 5.41) is 7.13. The monoisotopic (exact) mass is 559 g/mol. The van der Waals surface area contributed by atoms with Crippen LogP contribution >= 0.6 is 0 Å². The van der Waals surface area contributed by atoms with Crippen molar-refractivity contribution in [1.29, 1.82) is 0 Å². The molecule has 8 nitrogen and oxygen atoms in total. The molecule has 222 valence electrons. The van der Waals surface area contributed by atoms with Crippen LogP contribution in [-0.4, -0.2) is 79.2 Å². The van der Waals surface area contributed by atoms with Gasteiger partial charge in [-0.15, -0.1) is 0 Å². The van der Waals surface area contributed by atoms with E-state index in [1.807, 2.05) is 18.2 Å². The van der Waals surface area contributed by atoms with E-state index in [2.05, 4.69) is 111 Å². The molecule has 0 atom stereocenters. The Bertz CT molecular complexity index is 1300. The minimum absolute atomic E-state index is 0.0417. The van der Waals surface area contributed by atoms with Gasteiger partial charge >= 0.3 is 0 Å². The third-order valence-corrected chi connectivity index (χ3v) is 7.73. The maximum absolute atomic E-state index is 5.36. The molecule has 0 bridgehead atoms. The second-order valence-electron chi connectivity index (χ2n) is 13.1. The van der Waals surface area contributed by atoms with E-state index in [4.69, 9.17) is 14.7 Å². The molecule has 1 aliphatic heterocycles. The number of anilines is 4. The third-order valence-electron chi connectivity index (χ3n) is 7.73. The fraction of sp³-hybridized carbons (Fsp3) is 0.515. The molecular weight excluding hydrogens is 510 g/mol. The van der Waals surface area contributed by atoms with E-state index in [9.17, 15) is 0 Å². The minimum Gasteiger partial charge on any atom is -0.497 e. The van der Waals surface area contributed by atoms with Crippen LogP contribution < -0.4 is 20.3 Å². The molecule has 1 aromatic heterocycles. The second-order valence-corrected chi connectivity index (χ2v) is 13.1. The second kappa shape index (κ2) is 12.7. The number of piperazine rings is 1. The van der Waals surface area contributed by atoms with Crippen molar-refractivity contribution in [3.63, 3.8) is 0 Å². The number of nitrogens with one attached hydrogen (secondary N) is 2. The first-order valence-electron chi connectivity index (χ1n) is 14.6. The largest absolute Gasteiger partial charge is 0.497 e. The summed E-state index contributed by atoms with van der Waals surface area (Å²) in [6, 6.07) is 17.0. The Balaban J connectivity index is 1.54. The highest BCUT2D eigenvalue weighted by Crippen LogP contribution is 2.31. The van der Waals surface area contributed by atoms with Crippen molar-refractivity contribution in [2.75, 3.05) is 69.5 Å². The van der Waals surface area contributed by atoms with Crippen molar-refractivity contribution in [2.45, 2.75) is 59.0 Å². The zero-order valence-corrected chi connectivity index (χ0v) is 26.5. The highest BCUT2D eigenvalue weighted by molar-refractivity contribution is 5.64. The van der Waals surface area contributed by atoms with Crippen LogP contribution in [0.25, 0.3) is 0 Å². The molecule has 0 aliphatic carbocycles. The molecule has 3 aromatic rings. The summed E-state index contributed by atoms with van der Waals surface area (Å²) >= 11 is 0. The van der Waals surface area contributed by atoms with Gasteiger partial charge in [-0.05, 0) is 81.7 Å². The van der Waals surface area contributed by atoms with Gasteiger partial charge in [0.15, 0.2) is 0 Å². The van der Waals surface area contributed by atoms with Gasteiger partial charge in [-0.1, -0.05) is 32.9 Å². The van der Waals surface area contributed by atoms with E-state index >= 15 is 0 Å². The predicted octanol–water partition coefficient (Wildman–Crippen LogP) is 5.91. The Morgan fingerprint density at radius 2 is 1.68 bits per heavy atom. The average Bonchev–Trinajstić information content (AvgIpc) is 2.89. The van der Waals surface area contributed by atoms with E-state index in [1.54, 1.807) is 7.11 Å². The summed E-state index contributed by atoms with van der Waals surface area (Å²) < 4.78 is 5.36. The smallest absolute Gasteiger partial charge is 0.147 e. The van der Waals surface area contributed by atoms with Gasteiger partial charge in [-0.2, -0.15) is 0 Å². The molecule has 2 N–H and O–H groups in total. The van der Waals surface area contributed by atoms with Crippen molar-refractivity contribution in [3.05, 3.63) is 65.5 Å². The van der Waals surface area contributed by atoms with Crippen LogP contribution in [0.2, 0.25) is 0 Å². The summed E-state index contributed by atoms with van der Waals surface area (Å²) in [5.74, 6) is 3.36. The molecule has 2 heterocycles.